The number of rotatable bonds is 7. The molecule has 0 atom stereocenters. The molecule has 0 saturated heterocycles. The lowest BCUT2D eigenvalue weighted by atomic mass is 10.2. The summed E-state index contributed by atoms with van der Waals surface area (Å²) in [6, 6.07) is 17.5. The Morgan fingerprint density at radius 1 is 1.12 bits per heavy atom. The second-order valence-corrected chi connectivity index (χ2v) is 6.13. The van der Waals surface area contributed by atoms with Crippen molar-refractivity contribution >= 4 is 17.7 Å². The van der Waals surface area contributed by atoms with Crippen LogP contribution in [0.5, 0.6) is 5.75 Å². The van der Waals surface area contributed by atoms with Crippen LogP contribution < -0.4 is 10.5 Å². The first-order valence-corrected chi connectivity index (χ1v) is 8.82. The number of primary amides is 1. The zero-order chi connectivity index (χ0) is 17.6. The van der Waals surface area contributed by atoms with Crippen LogP contribution in [0.3, 0.4) is 0 Å². The SMILES string of the molecule is CCOc1ccc(-n2c(SCC(N)=O)nnc2-c2ccccc2)cc1. The highest BCUT2D eigenvalue weighted by Gasteiger charge is 2.16. The second kappa shape index (κ2) is 7.85. The van der Waals surface area contributed by atoms with E-state index in [1.165, 1.54) is 11.8 Å². The van der Waals surface area contributed by atoms with E-state index < -0.39 is 5.91 Å². The van der Waals surface area contributed by atoms with Gasteiger partial charge in [-0.3, -0.25) is 9.36 Å². The number of hydrogen-bond acceptors (Lipinski definition) is 5. The lowest BCUT2D eigenvalue weighted by molar-refractivity contribution is -0.115. The van der Waals surface area contributed by atoms with Crippen LogP contribution in [0.2, 0.25) is 0 Å². The number of nitrogens with two attached hydrogens (primary N) is 1. The molecule has 0 fully saturated rings. The highest BCUT2D eigenvalue weighted by molar-refractivity contribution is 7.99. The van der Waals surface area contributed by atoms with E-state index in [2.05, 4.69) is 10.2 Å². The topological polar surface area (TPSA) is 83.0 Å². The first kappa shape index (κ1) is 17.0. The Hall–Kier alpha value is -2.80. The van der Waals surface area contributed by atoms with Crippen molar-refractivity contribution in [2.45, 2.75) is 12.1 Å². The summed E-state index contributed by atoms with van der Waals surface area (Å²) < 4.78 is 7.41. The summed E-state index contributed by atoms with van der Waals surface area (Å²) in [7, 11) is 0. The number of nitrogens with zero attached hydrogens (tertiary/aromatic N) is 3. The van der Waals surface area contributed by atoms with Crippen molar-refractivity contribution in [1.82, 2.24) is 14.8 Å². The van der Waals surface area contributed by atoms with Crippen LogP contribution in [-0.2, 0) is 4.79 Å². The maximum Gasteiger partial charge on any atom is 0.227 e. The molecule has 7 heteroatoms. The molecular formula is C18H18N4O2S. The molecule has 0 saturated carbocycles. The molecule has 25 heavy (non-hydrogen) atoms. The van der Waals surface area contributed by atoms with Gasteiger partial charge >= 0.3 is 0 Å². The Balaban J connectivity index is 2.04. The summed E-state index contributed by atoms with van der Waals surface area (Å²) in [6.45, 7) is 2.56. The first-order chi connectivity index (χ1) is 12.2. The summed E-state index contributed by atoms with van der Waals surface area (Å²) in [6.07, 6.45) is 0. The highest BCUT2D eigenvalue weighted by atomic mass is 32.2. The summed E-state index contributed by atoms with van der Waals surface area (Å²) in [5, 5.41) is 9.16. The Labute approximate surface area is 150 Å². The van der Waals surface area contributed by atoms with Crippen molar-refractivity contribution in [3.8, 4) is 22.8 Å². The van der Waals surface area contributed by atoms with Gasteiger partial charge in [-0.25, -0.2) is 0 Å². The maximum atomic E-state index is 11.1. The van der Waals surface area contributed by atoms with Gasteiger partial charge in [0, 0.05) is 11.3 Å². The molecule has 2 N–H and O–H groups in total. The highest BCUT2D eigenvalue weighted by Crippen LogP contribution is 2.28. The molecule has 1 amide bonds. The number of carbonyl (C=O) groups is 1. The molecule has 0 spiro atoms. The average Bonchev–Trinajstić information content (AvgIpc) is 3.05. The number of hydrogen-bond donors (Lipinski definition) is 1. The van der Waals surface area contributed by atoms with Crippen molar-refractivity contribution in [3.63, 3.8) is 0 Å². The van der Waals surface area contributed by atoms with Crippen molar-refractivity contribution < 1.29 is 9.53 Å². The summed E-state index contributed by atoms with van der Waals surface area (Å²) in [5.74, 6) is 1.25. The molecule has 0 aliphatic carbocycles. The minimum Gasteiger partial charge on any atom is -0.494 e. The lowest BCUT2D eigenvalue weighted by Gasteiger charge is -2.11. The van der Waals surface area contributed by atoms with Crippen molar-refractivity contribution in [1.29, 1.82) is 0 Å². The molecule has 0 radical (unpaired) electrons. The van der Waals surface area contributed by atoms with Gasteiger partial charge in [-0.15, -0.1) is 10.2 Å². The predicted molar refractivity (Wildman–Crippen MR) is 97.9 cm³/mol. The maximum absolute atomic E-state index is 11.1. The minimum absolute atomic E-state index is 0.143. The first-order valence-electron chi connectivity index (χ1n) is 7.84. The van der Waals surface area contributed by atoms with Crippen LogP contribution in [0.15, 0.2) is 59.8 Å². The molecule has 0 bridgehead atoms. The van der Waals surface area contributed by atoms with E-state index in [0.29, 0.717) is 17.6 Å². The van der Waals surface area contributed by atoms with Gasteiger partial charge in [0.25, 0.3) is 0 Å². The van der Waals surface area contributed by atoms with E-state index in [9.17, 15) is 4.79 Å². The average molecular weight is 354 g/mol. The van der Waals surface area contributed by atoms with Gasteiger partial charge in [0.15, 0.2) is 11.0 Å². The quantitative estimate of drug-likeness (QED) is 0.660. The summed E-state index contributed by atoms with van der Waals surface area (Å²) in [5.41, 5.74) is 7.09. The molecule has 128 valence electrons. The Bertz CT molecular complexity index is 847. The fraction of sp³-hybridized carbons (Fsp3) is 0.167. The van der Waals surface area contributed by atoms with Gasteiger partial charge in [0.2, 0.25) is 5.91 Å². The van der Waals surface area contributed by atoms with Crippen molar-refractivity contribution in [2.24, 2.45) is 5.73 Å². The summed E-state index contributed by atoms with van der Waals surface area (Å²) >= 11 is 1.26. The smallest absolute Gasteiger partial charge is 0.227 e. The fourth-order valence-corrected chi connectivity index (χ4v) is 3.06. The number of ether oxygens (including phenoxy) is 1. The normalized spacial score (nSPS) is 10.6. The molecule has 3 aromatic rings. The van der Waals surface area contributed by atoms with Crippen molar-refractivity contribution in [2.75, 3.05) is 12.4 Å². The largest absolute Gasteiger partial charge is 0.494 e. The molecule has 3 rings (SSSR count). The lowest BCUT2D eigenvalue weighted by Crippen LogP contribution is -2.13. The molecule has 2 aromatic carbocycles. The molecule has 6 nitrogen and oxygen atoms in total. The van der Waals surface area contributed by atoms with Gasteiger partial charge in [-0.1, -0.05) is 42.1 Å². The van der Waals surface area contributed by atoms with E-state index >= 15 is 0 Å². The minimum atomic E-state index is -0.396. The molecule has 0 aliphatic heterocycles. The zero-order valence-electron chi connectivity index (χ0n) is 13.8. The molecular weight excluding hydrogens is 336 g/mol. The van der Waals surface area contributed by atoms with E-state index in [4.69, 9.17) is 10.5 Å². The van der Waals surface area contributed by atoms with Crippen LogP contribution >= 0.6 is 11.8 Å². The number of thioether (sulfide) groups is 1. The van der Waals surface area contributed by atoms with Crippen LogP contribution in [-0.4, -0.2) is 33.0 Å². The van der Waals surface area contributed by atoms with Crippen LogP contribution in [0.4, 0.5) is 0 Å². The van der Waals surface area contributed by atoms with E-state index in [-0.39, 0.29) is 5.75 Å². The monoisotopic (exact) mass is 354 g/mol. The third-order valence-corrected chi connectivity index (χ3v) is 4.37. The van der Waals surface area contributed by atoms with E-state index in [1.54, 1.807) is 0 Å². The van der Waals surface area contributed by atoms with Gasteiger partial charge < -0.3 is 10.5 Å². The Kier molecular flexibility index (Phi) is 5.35. The van der Waals surface area contributed by atoms with Crippen molar-refractivity contribution in [3.05, 3.63) is 54.6 Å². The fourth-order valence-electron chi connectivity index (χ4n) is 2.36. The van der Waals surface area contributed by atoms with Crippen LogP contribution in [0, 0.1) is 0 Å². The summed E-state index contributed by atoms with van der Waals surface area (Å²) in [4.78, 5) is 11.1. The van der Waals surface area contributed by atoms with E-state index in [1.807, 2.05) is 66.1 Å². The Morgan fingerprint density at radius 2 is 1.84 bits per heavy atom. The predicted octanol–water partition coefficient (Wildman–Crippen LogP) is 2.91. The second-order valence-electron chi connectivity index (χ2n) is 5.19. The van der Waals surface area contributed by atoms with Gasteiger partial charge in [-0.05, 0) is 31.2 Å². The molecule has 0 aliphatic rings. The van der Waals surface area contributed by atoms with Gasteiger partial charge in [0.1, 0.15) is 5.75 Å². The van der Waals surface area contributed by atoms with Gasteiger partial charge in [-0.2, -0.15) is 0 Å². The third kappa shape index (κ3) is 4.00. The standard InChI is InChI=1S/C18H18N4O2S/c1-2-24-15-10-8-14(9-11-15)22-17(13-6-4-3-5-7-13)20-21-18(22)25-12-16(19)23/h3-11H,2,12H2,1H3,(H2,19,23). The zero-order valence-corrected chi connectivity index (χ0v) is 14.6. The number of amides is 1. The van der Waals surface area contributed by atoms with Crippen LogP contribution in [0.25, 0.3) is 17.1 Å². The third-order valence-electron chi connectivity index (χ3n) is 3.41. The number of benzene rings is 2. The number of aromatic nitrogens is 3. The number of carbonyl (C=O) groups excluding carboxylic acids is 1. The Morgan fingerprint density at radius 3 is 2.48 bits per heavy atom. The van der Waals surface area contributed by atoms with E-state index in [0.717, 1.165) is 17.0 Å². The molecule has 0 unspecified atom stereocenters. The van der Waals surface area contributed by atoms with Gasteiger partial charge in [0.05, 0.1) is 12.4 Å². The van der Waals surface area contributed by atoms with Crippen LogP contribution in [0.1, 0.15) is 6.92 Å². The molecule has 1 heterocycles. The molecule has 1 aromatic heterocycles.